The number of amides is 2. The molecule has 0 bridgehead atoms. The van der Waals surface area contributed by atoms with Crippen molar-refractivity contribution in [1.82, 2.24) is 19.2 Å². The summed E-state index contributed by atoms with van der Waals surface area (Å²) in [6.45, 7) is 4.06. The van der Waals surface area contributed by atoms with E-state index in [2.05, 4.69) is 9.36 Å². The van der Waals surface area contributed by atoms with Gasteiger partial charge in [-0.2, -0.15) is 9.36 Å². The summed E-state index contributed by atoms with van der Waals surface area (Å²) in [5.74, 6) is 0.952. The van der Waals surface area contributed by atoms with Crippen molar-refractivity contribution in [3.05, 3.63) is 71.3 Å². The lowest BCUT2D eigenvalue weighted by molar-refractivity contribution is -0.132. The molecule has 1 aliphatic rings. The van der Waals surface area contributed by atoms with Crippen LogP contribution in [0.5, 0.6) is 10.9 Å². The molecule has 0 radical (unpaired) electrons. The van der Waals surface area contributed by atoms with Gasteiger partial charge in [0.05, 0.1) is 13.0 Å². The summed E-state index contributed by atoms with van der Waals surface area (Å²) >= 11 is 1.15. The molecule has 2 aromatic carbocycles. The minimum atomic E-state index is -0.330. The van der Waals surface area contributed by atoms with Crippen molar-refractivity contribution in [1.29, 1.82) is 0 Å². The zero-order valence-corrected chi connectivity index (χ0v) is 19.6. The van der Waals surface area contributed by atoms with E-state index in [0.717, 1.165) is 22.7 Å². The molecule has 0 aliphatic carbocycles. The average Bonchev–Trinajstić information content (AvgIpc) is 3.28. The highest BCUT2D eigenvalue weighted by Gasteiger charge is 2.24. The predicted molar refractivity (Wildman–Crippen MR) is 125 cm³/mol. The van der Waals surface area contributed by atoms with Crippen LogP contribution in [-0.4, -0.2) is 63.9 Å². The second-order valence-corrected chi connectivity index (χ2v) is 8.48. The maximum atomic E-state index is 13.0. The van der Waals surface area contributed by atoms with Crippen molar-refractivity contribution in [2.45, 2.75) is 19.8 Å². The van der Waals surface area contributed by atoms with Gasteiger partial charge in [0.1, 0.15) is 11.6 Å². The molecule has 0 saturated carbocycles. The number of carbonyl (C=O) groups is 2. The maximum absolute atomic E-state index is 13.0. The Morgan fingerprint density at radius 3 is 2.29 bits per heavy atom. The molecule has 1 fully saturated rings. The quantitative estimate of drug-likeness (QED) is 0.506. The van der Waals surface area contributed by atoms with E-state index in [9.17, 15) is 14.0 Å². The van der Waals surface area contributed by atoms with E-state index in [1.807, 2.05) is 12.1 Å². The Bertz CT molecular complexity index is 1110. The Kier molecular flexibility index (Phi) is 7.69. The fourth-order valence-electron chi connectivity index (χ4n) is 3.55. The lowest BCUT2D eigenvalue weighted by Crippen LogP contribution is -2.51. The molecule has 1 aliphatic heterocycles. The first-order chi connectivity index (χ1) is 16.5. The summed E-state index contributed by atoms with van der Waals surface area (Å²) < 4.78 is 28.1. The van der Waals surface area contributed by atoms with Gasteiger partial charge in [-0.1, -0.05) is 24.3 Å². The first kappa shape index (κ1) is 23.6. The Morgan fingerprint density at radius 1 is 0.971 bits per heavy atom. The summed E-state index contributed by atoms with van der Waals surface area (Å²) in [7, 11) is 0. The molecule has 1 saturated heterocycles. The molecule has 3 aromatic rings. The molecule has 0 atom stereocenters. The maximum Gasteiger partial charge on any atom is 0.409 e. The van der Waals surface area contributed by atoms with E-state index in [1.165, 1.54) is 12.1 Å². The van der Waals surface area contributed by atoms with Gasteiger partial charge < -0.3 is 19.3 Å². The predicted octanol–water partition coefficient (Wildman–Crippen LogP) is 3.90. The van der Waals surface area contributed by atoms with Crippen LogP contribution in [0.15, 0.2) is 48.5 Å². The van der Waals surface area contributed by atoms with E-state index in [1.54, 1.807) is 41.0 Å². The number of hydrogen-bond acceptors (Lipinski definition) is 7. The SMILES string of the molecule is CCOC(=O)N1CCN(C(=O)Cc2ccc(Oc3nc(Cc4ccc(F)cc4)ns3)cc2)CC1. The fourth-order valence-corrected chi connectivity index (χ4v) is 4.12. The topological polar surface area (TPSA) is 84.9 Å². The number of ether oxygens (including phenoxy) is 2. The zero-order valence-electron chi connectivity index (χ0n) is 18.8. The molecule has 0 spiro atoms. The van der Waals surface area contributed by atoms with Gasteiger partial charge in [0, 0.05) is 44.1 Å². The van der Waals surface area contributed by atoms with E-state index >= 15 is 0 Å². The van der Waals surface area contributed by atoms with Gasteiger partial charge >= 0.3 is 6.09 Å². The van der Waals surface area contributed by atoms with Crippen LogP contribution in [0.1, 0.15) is 23.9 Å². The van der Waals surface area contributed by atoms with Crippen LogP contribution in [0.2, 0.25) is 0 Å². The van der Waals surface area contributed by atoms with Crippen LogP contribution in [0.3, 0.4) is 0 Å². The number of aromatic nitrogens is 2. The number of rotatable bonds is 7. The Balaban J connectivity index is 1.26. The largest absolute Gasteiger partial charge is 0.450 e. The summed E-state index contributed by atoms with van der Waals surface area (Å²) in [5, 5.41) is 0.417. The van der Waals surface area contributed by atoms with Gasteiger partial charge in [0.15, 0.2) is 5.82 Å². The number of benzene rings is 2. The molecule has 2 heterocycles. The highest BCUT2D eigenvalue weighted by Crippen LogP contribution is 2.24. The van der Waals surface area contributed by atoms with Crippen molar-refractivity contribution in [2.24, 2.45) is 0 Å². The number of piperazine rings is 1. The Labute approximate surface area is 201 Å². The van der Waals surface area contributed by atoms with Gasteiger partial charge in [-0.25, -0.2) is 9.18 Å². The molecular weight excluding hydrogens is 459 g/mol. The third kappa shape index (κ3) is 6.28. The van der Waals surface area contributed by atoms with Crippen LogP contribution in [-0.2, 0) is 22.4 Å². The molecule has 0 N–H and O–H groups in total. The molecule has 8 nitrogen and oxygen atoms in total. The minimum Gasteiger partial charge on any atom is -0.450 e. The fraction of sp³-hybridized carbons (Fsp3) is 0.333. The van der Waals surface area contributed by atoms with Crippen LogP contribution in [0, 0.1) is 5.82 Å². The van der Waals surface area contributed by atoms with Crippen molar-refractivity contribution >= 4 is 23.5 Å². The van der Waals surface area contributed by atoms with E-state index in [-0.39, 0.29) is 24.2 Å². The Hall–Kier alpha value is -3.53. The third-order valence-electron chi connectivity index (χ3n) is 5.37. The molecule has 4 rings (SSSR count). The second kappa shape index (κ2) is 11.1. The molecule has 178 valence electrons. The van der Waals surface area contributed by atoms with Gasteiger partial charge in [-0.15, -0.1) is 0 Å². The van der Waals surface area contributed by atoms with E-state index in [4.69, 9.17) is 9.47 Å². The number of halogens is 1. The second-order valence-electron chi connectivity index (χ2n) is 7.77. The van der Waals surface area contributed by atoms with Crippen LogP contribution in [0.4, 0.5) is 9.18 Å². The van der Waals surface area contributed by atoms with Gasteiger partial charge in [-0.05, 0) is 42.3 Å². The standard InChI is InChI=1S/C24H25FN4O4S/c1-2-32-24(31)29-13-11-28(12-14-29)22(30)16-18-5-9-20(10-6-18)33-23-26-21(27-34-23)15-17-3-7-19(25)8-4-17/h3-10H,2,11-16H2,1H3. The summed E-state index contributed by atoms with van der Waals surface area (Å²) in [6, 6.07) is 13.5. The third-order valence-corrected chi connectivity index (χ3v) is 6.00. The van der Waals surface area contributed by atoms with E-state index in [0.29, 0.717) is 56.0 Å². The molecule has 34 heavy (non-hydrogen) atoms. The van der Waals surface area contributed by atoms with Crippen LogP contribution in [0.25, 0.3) is 0 Å². The summed E-state index contributed by atoms with van der Waals surface area (Å²) in [6.07, 6.45) is 0.443. The van der Waals surface area contributed by atoms with Gasteiger partial charge in [0.2, 0.25) is 5.91 Å². The van der Waals surface area contributed by atoms with Crippen LogP contribution >= 0.6 is 11.5 Å². The van der Waals surface area contributed by atoms with Gasteiger partial charge in [0.25, 0.3) is 5.19 Å². The lowest BCUT2D eigenvalue weighted by Gasteiger charge is -2.34. The number of hydrogen-bond donors (Lipinski definition) is 0. The van der Waals surface area contributed by atoms with Crippen molar-refractivity contribution in [2.75, 3.05) is 32.8 Å². The first-order valence-electron chi connectivity index (χ1n) is 11.0. The lowest BCUT2D eigenvalue weighted by atomic mass is 10.1. The normalized spacial score (nSPS) is 13.6. The number of nitrogens with zero attached hydrogens (tertiary/aromatic N) is 4. The minimum absolute atomic E-state index is 0.0201. The molecular formula is C24H25FN4O4S. The molecule has 10 heteroatoms. The first-order valence-corrected chi connectivity index (χ1v) is 11.8. The van der Waals surface area contributed by atoms with Gasteiger partial charge in [-0.3, -0.25) is 4.79 Å². The average molecular weight is 485 g/mol. The summed E-state index contributed by atoms with van der Waals surface area (Å²) in [4.78, 5) is 32.2. The molecule has 1 aromatic heterocycles. The van der Waals surface area contributed by atoms with E-state index < -0.39 is 0 Å². The Morgan fingerprint density at radius 2 is 1.62 bits per heavy atom. The van der Waals surface area contributed by atoms with Crippen molar-refractivity contribution in [3.63, 3.8) is 0 Å². The highest BCUT2D eigenvalue weighted by atomic mass is 32.1. The summed E-state index contributed by atoms with van der Waals surface area (Å²) in [5.41, 5.74) is 1.79. The zero-order chi connectivity index (χ0) is 23.9. The van der Waals surface area contributed by atoms with Crippen molar-refractivity contribution in [3.8, 4) is 10.9 Å². The molecule has 0 unspecified atom stereocenters. The highest BCUT2D eigenvalue weighted by molar-refractivity contribution is 7.07. The monoisotopic (exact) mass is 484 g/mol. The van der Waals surface area contributed by atoms with Crippen LogP contribution < -0.4 is 4.74 Å². The smallest absolute Gasteiger partial charge is 0.409 e. The van der Waals surface area contributed by atoms with Crippen molar-refractivity contribution < 1.29 is 23.5 Å². The molecule has 2 amide bonds. The number of carbonyl (C=O) groups excluding carboxylic acids is 2.